The number of amides is 3. The van der Waals surface area contributed by atoms with Crippen molar-refractivity contribution in [1.29, 1.82) is 0 Å². The van der Waals surface area contributed by atoms with Gasteiger partial charge in [0, 0.05) is 31.0 Å². The standard InChI is InChI=1S/C29H42F2N6O5/c1-27(2,3)42-26(40)36-28(4,5)24(38)32-18-21(13-14-29(30,31)22-9-7-6-8-10-22)23-34-19-35-37(23)15-16-41-25(39)33-17-20-11-12-20/h6-10,19-21H,11-18H2,1-5H3,(H,32,38)(H,33,39)(H,36,40). The molecule has 13 heteroatoms. The summed E-state index contributed by atoms with van der Waals surface area (Å²) in [7, 11) is 0. The van der Waals surface area contributed by atoms with Crippen LogP contribution in [0.1, 0.15) is 77.6 Å². The van der Waals surface area contributed by atoms with Gasteiger partial charge in [-0.25, -0.2) is 28.0 Å². The van der Waals surface area contributed by atoms with E-state index in [1.165, 1.54) is 37.0 Å². The number of hydrogen-bond donors (Lipinski definition) is 3. The van der Waals surface area contributed by atoms with Crippen LogP contribution in [-0.4, -0.2) is 63.7 Å². The molecule has 1 unspecified atom stereocenters. The van der Waals surface area contributed by atoms with E-state index in [0.29, 0.717) is 18.3 Å². The third-order valence-electron chi connectivity index (χ3n) is 6.67. The van der Waals surface area contributed by atoms with Crippen LogP contribution in [-0.2, 0) is 26.7 Å². The van der Waals surface area contributed by atoms with Gasteiger partial charge in [0.25, 0.3) is 5.92 Å². The zero-order chi connectivity index (χ0) is 31.0. The van der Waals surface area contributed by atoms with Crippen molar-refractivity contribution in [2.75, 3.05) is 19.7 Å². The number of nitrogens with zero attached hydrogens (tertiary/aromatic N) is 3. The Balaban J connectivity index is 1.67. The first-order valence-corrected chi connectivity index (χ1v) is 14.2. The minimum atomic E-state index is -3.12. The molecule has 1 saturated carbocycles. The molecular weight excluding hydrogens is 550 g/mol. The van der Waals surface area contributed by atoms with Gasteiger partial charge in [0.15, 0.2) is 0 Å². The van der Waals surface area contributed by atoms with Crippen molar-refractivity contribution in [3.63, 3.8) is 0 Å². The molecule has 1 aromatic carbocycles. The number of alkyl carbamates (subject to hydrolysis) is 2. The van der Waals surface area contributed by atoms with E-state index < -0.39 is 47.5 Å². The lowest BCUT2D eigenvalue weighted by molar-refractivity contribution is -0.126. The second kappa shape index (κ2) is 13.9. The molecule has 1 aromatic heterocycles. The molecule has 3 amide bonds. The number of aromatic nitrogens is 3. The van der Waals surface area contributed by atoms with Crippen molar-refractivity contribution in [1.82, 2.24) is 30.7 Å². The lowest BCUT2D eigenvalue weighted by Crippen LogP contribution is -2.56. The van der Waals surface area contributed by atoms with Gasteiger partial charge in [-0.3, -0.25) is 4.79 Å². The summed E-state index contributed by atoms with van der Waals surface area (Å²) in [5.74, 6) is -3.44. The highest BCUT2D eigenvalue weighted by Crippen LogP contribution is 2.35. The highest BCUT2D eigenvalue weighted by molar-refractivity contribution is 5.89. The third kappa shape index (κ3) is 10.6. The van der Waals surface area contributed by atoms with Gasteiger partial charge in [-0.1, -0.05) is 30.3 Å². The fourth-order valence-electron chi connectivity index (χ4n) is 4.14. The van der Waals surface area contributed by atoms with Crippen LogP contribution >= 0.6 is 0 Å². The van der Waals surface area contributed by atoms with E-state index in [0.717, 1.165) is 12.8 Å². The second-order valence-corrected chi connectivity index (χ2v) is 12.1. The zero-order valence-electron chi connectivity index (χ0n) is 24.9. The van der Waals surface area contributed by atoms with Gasteiger partial charge in [-0.05, 0) is 59.8 Å². The molecule has 0 radical (unpaired) electrons. The van der Waals surface area contributed by atoms with Crippen LogP contribution in [0.4, 0.5) is 18.4 Å². The fourth-order valence-corrected chi connectivity index (χ4v) is 4.14. The number of alkyl halides is 2. The first-order valence-electron chi connectivity index (χ1n) is 14.2. The van der Waals surface area contributed by atoms with Crippen molar-refractivity contribution >= 4 is 18.1 Å². The molecule has 0 bridgehead atoms. The molecule has 0 spiro atoms. The van der Waals surface area contributed by atoms with Gasteiger partial charge in [-0.15, -0.1) is 0 Å². The maximum Gasteiger partial charge on any atom is 0.408 e. The smallest absolute Gasteiger partial charge is 0.408 e. The fraction of sp³-hybridized carbons (Fsp3) is 0.621. The number of benzene rings is 1. The Labute approximate surface area is 245 Å². The van der Waals surface area contributed by atoms with Crippen molar-refractivity contribution in [3.05, 3.63) is 48.0 Å². The Morgan fingerprint density at radius 1 is 1.05 bits per heavy atom. The average molecular weight is 593 g/mol. The first-order chi connectivity index (χ1) is 19.7. The molecule has 42 heavy (non-hydrogen) atoms. The molecule has 2 aromatic rings. The number of hydrogen-bond acceptors (Lipinski definition) is 7. The van der Waals surface area contributed by atoms with Crippen molar-refractivity contribution < 1.29 is 32.6 Å². The van der Waals surface area contributed by atoms with Crippen molar-refractivity contribution in [3.8, 4) is 0 Å². The largest absolute Gasteiger partial charge is 0.448 e. The maximum absolute atomic E-state index is 15.1. The number of carbonyl (C=O) groups excluding carboxylic acids is 3. The van der Waals surface area contributed by atoms with E-state index in [9.17, 15) is 14.4 Å². The van der Waals surface area contributed by atoms with Gasteiger partial charge in [0.05, 0.1) is 6.54 Å². The van der Waals surface area contributed by atoms with Gasteiger partial charge < -0.3 is 25.4 Å². The van der Waals surface area contributed by atoms with Crippen molar-refractivity contribution in [2.24, 2.45) is 5.92 Å². The SMILES string of the molecule is CC(C)(C)OC(=O)NC(C)(C)C(=O)NCC(CCC(F)(F)c1ccccc1)c1ncnn1CCOC(=O)NCC1CC1. The molecule has 3 N–H and O–H groups in total. The van der Waals surface area contributed by atoms with Gasteiger partial charge in [-0.2, -0.15) is 5.10 Å². The Hall–Kier alpha value is -3.77. The molecule has 3 rings (SSSR count). The van der Waals surface area contributed by atoms with E-state index >= 15 is 8.78 Å². The molecular formula is C29H42F2N6O5. The third-order valence-corrected chi connectivity index (χ3v) is 6.67. The molecule has 1 aliphatic rings. The summed E-state index contributed by atoms with van der Waals surface area (Å²) in [6.07, 6.45) is 1.64. The molecule has 0 saturated heterocycles. The monoisotopic (exact) mass is 592 g/mol. The van der Waals surface area contributed by atoms with Crippen LogP contribution in [0.3, 0.4) is 0 Å². The Kier molecular flexibility index (Phi) is 10.9. The van der Waals surface area contributed by atoms with E-state index in [2.05, 4.69) is 26.0 Å². The lowest BCUT2D eigenvalue weighted by Gasteiger charge is -2.28. The summed E-state index contributed by atoms with van der Waals surface area (Å²) in [5.41, 5.74) is -2.21. The summed E-state index contributed by atoms with van der Waals surface area (Å²) in [6.45, 7) is 8.81. The summed E-state index contributed by atoms with van der Waals surface area (Å²) in [4.78, 5) is 41.6. The second-order valence-electron chi connectivity index (χ2n) is 12.1. The molecule has 232 valence electrons. The normalized spacial score (nSPS) is 14.5. The highest BCUT2D eigenvalue weighted by Gasteiger charge is 2.35. The molecule has 1 fully saturated rings. The Morgan fingerprint density at radius 3 is 2.38 bits per heavy atom. The van der Waals surface area contributed by atoms with Crippen LogP contribution in [0.5, 0.6) is 0 Å². The quantitative estimate of drug-likeness (QED) is 0.294. The van der Waals surface area contributed by atoms with E-state index in [1.54, 1.807) is 39.0 Å². The molecule has 1 atom stereocenters. The van der Waals surface area contributed by atoms with Crippen LogP contribution in [0.15, 0.2) is 36.7 Å². The van der Waals surface area contributed by atoms with Crippen LogP contribution in [0, 0.1) is 5.92 Å². The van der Waals surface area contributed by atoms with Gasteiger partial charge in [0.1, 0.15) is 29.9 Å². The molecule has 1 heterocycles. The van der Waals surface area contributed by atoms with Crippen LogP contribution in [0.2, 0.25) is 0 Å². The number of ether oxygens (including phenoxy) is 2. The predicted octanol–water partition coefficient (Wildman–Crippen LogP) is 4.49. The maximum atomic E-state index is 15.1. The molecule has 11 nitrogen and oxygen atoms in total. The number of nitrogens with one attached hydrogen (secondary N) is 3. The zero-order valence-corrected chi connectivity index (χ0v) is 24.9. The summed E-state index contributed by atoms with van der Waals surface area (Å²) < 4.78 is 42.2. The van der Waals surface area contributed by atoms with Gasteiger partial charge >= 0.3 is 12.2 Å². The highest BCUT2D eigenvalue weighted by atomic mass is 19.3. The van der Waals surface area contributed by atoms with Crippen LogP contribution in [0.25, 0.3) is 0 Å². The van der Waals surface area contributed by atoms with E-state index in [-0.39, 0.29) is 31.7 Å². The Morgan fingerprint density at radius 2 is 1.74 bits per heavy atom. The molecule has 0 aliphatic heterocycles. The van der Waals surface area contributed by atoms with Crippen LogP contribution < -0.4 is 16.0 Å². The minimum absolute atomic E-state index is 0.00104. The minimum Gasteiger partial charge on any atom is -0.448 e. The Bertz CT molecular complexity index is 1190. The first kappa shape index (κ1) is 32.7. The number of rotatable bonds is 14. The molecule has 1 aliphatic carbocycles. The number of halogens is 2. The number of carbonyl (C=O) groups is 3. The topological polar surface area (TPSA) is 136 Å². The van der Waals surface area contributed by atoms with E-state index in [1.807, 2.05) is 0 Å². The predicted molar refractivity (Wildman–Crippen MR) is 151 cm³/mol. The van der Waals surface area contributed by atoms with E-state index in [4.69, 9.17) is 9.47 Å². The summed E-state index contributed by atoms with van der Waals surface area (Å²) >= 11 is 0. The average Bonchev–Trinajstić information content (AvgIpc) is 3.62. The summed E-state index contributed by atoms with van der Waals surface area (Å²) in [6, 6.07) is 7.52. The summed E-state index contributed by atoms with van der Waals surface area (Å²) in [5, 5.41) is 12.2. The van der Waals surface area contributed by atoms with Gasteiger partial charge in [0.2, 0.25) is 5.91 Å². The van der Waals surface area contributed by atoms with Crippen molar-refractivity contribution in [2.45, 2.75) is 89.8 Å². The lowest BCUT2D eigenvalue weighted by atomic mass is 9.95.